The first-order valence-corrected chi connectivity index (χ1v) is 9.88. The Morgan fingerprint density at radius 2 is 1.88 bits per heavy atom. The highest BCUT2D eigenvalue weighted by molar-refractivity contribution is 6.11. The average molecular weight is 455 g/mol. The van der Waals surface area contributed by atoms with E-state index < -0.39 is 17.6 Å². The summed E-state index contributed by atoms with van der Waals surface area (Å²) in [7, 11) is 0. The first-order chi connectivity index (χ1) is 16.4. The highest BCUT2D eigenvalue weighted by atomic mass is 16.3. The molecule has 0 atom stereocenters. The number of phenolic OH excluding ortho intramolecular Hbond substituents is 1. The number of hydrogen-bond acceptors (Lipinski definition) is 8. The first kappa shape index (κ1) is 22.1. The van der Waals surface area contributed by atoms with Gasteiger partial charge >= 0.3 is 0 Å². The Morgan fingerprint density at radius 3 is 2.53 bits per heavy atom. The topological polar surface area (TPSA) is 190 Å². The fraction of sp³-hybridized carbons (Fsp3) is 0.0435. The molecule has 0 radical (unpaired) electrons. The van der Waals surface area contributed by atoms with Crippen molar-refractivity contribution in [1.29, 1.82) is 5.26 Å². The molecule has 0 saturated carbocycles. The van der Waals surface area contributed by atoms with Crippen molar-refractivity contribution in [3.63, 3.8) is 0 Å². The highest BCUT2D eigenvalue weighted by Gasteiger charge is 2.19. The van der Waals surface area contributed by atoms with Gasteiger partial charge in [-0.15, -0.1) is 10.2 Å². The second-order valence-electron chi connectivity index (χ2n) is 7.11. The van der Waals surface area contributed by atoms with Crippen LogP contribution in [0.1, 0.15) is 32.1 Å². The van der Waals surface area contributed by atoms with Gasteiger partial charge < -0.3 is 26.2 Å². The molecule has 3 aromatic carbocycles. The van der Waals surface area contributed by atoms with Gasteiger partial charge in [0.1, 0.15) is 11.8 Å². The van der Waals surface area contributed by atoms with Crippen LogP contribution in [-0.2, 0) is 6.61 Å². The fourth-order valence-electron chi connectivity index (χ4n) is 3.25. The molecule has 0 aliphatic heterocycles. The molecule has 2 amide bonds. The van der Waals surface area contributed by atoms with Crippen LogP contribution in [0.5, 0.6) is 5.75 Å². The number of primary amides is 1. The number of benzene rings is 3. The smallest absolute Gasteiger partial charge is 0.270 e. The molecule has 0 bridgehead atoms. The van der Waals surface area contributed by atoms with Gasteiger partial charge in [0.15, 0.2) is 17.1 Å². The van der Waals surface area contributed by atoms with Crippen LogP contribution >= 0.6 is 0 Å². The van der Waals surface area contributed by atoms with Crippen molar-refractivity contribution in [3.05, 3.63) is 77.1 Å². The Kier molecular flexibility index (Phi) is 5.98. The zero-order valence-corrected chi connectivity index (χ0v) is 17.5. The van der Waals surface area contributed by atoms with E-state index in [2.05, 4.69) is 25.5 Å². The molecule has 6 N–H and O–H groups in total. The van der Waals surface area contributed by atoms with Crippen LogP contribution in [-0.4, -0.2) is 32.0 Å². The van der Waals surface area contributed by atoms with Gasteiger partial charge in [-0.3, -0.25) is 9.59 Å². The summed E-state index contributed by atoms with van der Waals surface area (Å²) >= 11 is 0. The molecule has 0 aliphatic rings. The Bertz CT molecular complexity index is 1480. The van der Waals surface area contributed by atoms with Crippen molar-refractivity contribution >= 4 is 39.9 Å². The van der Waals surface area contributed by atoms with Crippen LogP contribution in [0.3, 0.4) is 0 Å². The monoisotopic (exact) mass is 455 g/mol. The molecule has 0 spiro atoms. The third kappa shape index (κ3) is 4.29. The van der Waals surface area contributed by atoms with Crippen LogP contribution < -0.4 is 11.1 Å². The molecule has 0 unspecified atom stereocenters. The zero-order chi connectivity index (χ0) is 24.2. The standard InChI is InChI=1S/C23H17N7O4/c24-10-17-19(21(25)33)28-23(27-17)30-29-18-15-4-2-1-3-13(15)9-16(20(18)32)22(34)26-14-7-5-12(11-31)6-8-14/h1-9,31-32H,11H2,(H2,25,33)(H,26,34)(H,27,28)/b30-29+. The van der Waals surface area contributed by atoms with Gasteiger partial charge in [0.05, 0.1) is 12.2 Å². The molecule has 11 nitrogen and oxygen atoms in total. The summed E-state index contributed by atoms with van der Waals surface area (Å²) in [6, 6.07) is 16.8. The van der Waals surface area contributed by atoms with Gasteiger partial charge in [0, 0.05) is 11.1 Å². The van der Waals surface area contributed by atoms with Gasteiger partial charge in [0.25, 0.3) is 11.8 Å². The van der Waals surface area contributed by atoms with Gasteiger partial charge in [-0.25, -0.2) is 4.98 Å². The van der Waals surface area contributed by atoms with E-state index >= 15 is 0 Å². The number of nitrogens with one attached hydrogen (secondary N) is 2. The van der Waals surface area contributed by atoms with Crippen molar-refractivity contribution in [2.24, 2.45) is 16.0 Å². The number of phenols is 1. The lowest BCUT2D eigenvalue weighted by Gasteiger charge is -2.11. The normalized spacial score (nSPS) is 10.9. The van der Waals surface area contributed by atoms with E-state index in [0.29, 0.717) is 22.0 Å². The summed E-state index contributed by atoms with van der Waals surface area (Å²) in [6.45, 7) is -0.124. The molecular weight excluding hydrogens is 438 g/mol. The van der Waals surface area contributed by atoms with E-state index in [1.807, 2.05) is 0 Å². The average Bonchev–Trinajstić information content (AvgIpc) is 3.27. The molecule has 4 rings (SSSR count). The predicted octanol–water partition coefficient (Wildman–Crippen LogP) is 3.40. The van der Waals surface area contributed by atoms with E-state index in [1.54, 1.807) is 54.6 Å². The second-order valence-corrected chi connectivity index (χ2v) is 7.11. The van der Waals surface area contributed by atoms with Crippen molar-refractivity contribution in [2.75, 3.05) is 5.32 Å². The number of azo groups is 1. The summed E-state index contributed by atoms with van der Waals surface area (Å²) in [5.74, 6) is -2.09. The molecule has 4 aromatic rings. The minimum Gasteiger partial charge on any atom is -0.505 e. The highest BCUT2D eigenvalue weighted by Crippen LogP contribution is 2.39. The summed E-state index contributed by atoms with van der Waals surface area (Å²) in [5, 5.41) is 40.9. The second kappa shape index (κ2) is 9.19. The van der Waals surface area contributed by atoms with Crippen molar-refractivity contribution < 1.29 is 19.8 Å². The third-order valence-electron chi connectivity index (χ3n) is 4.92. The van der Waals surface area contributed by atoms with Crippen LogP contribution in [0.2, 0.25) is 0 Å². The summed E-state index contributed by atoms with van der Waals surface area (Å²) < 4.78 is 0. The molecule has 0 saturated heterocycles. The minimum absolute atomic E-state index is 0.00517. The number of imidazole rings is 1. The number of nitrogens with two attached hydrogens (primary N) is 1. The van der Waals surface area contributed by atoms with E-state index in [1.165, 1.54) is 6.07 Å². The Balaban J connectivity index is 1.74. The number of carbonyl (C=O) groups is 2. The Hall–Kier alpha value is -5.08. The number of aliphatic hydroxyl groups excluding tert-OH is 1. The van der Waals surface area contributed by atoms with E-state index in [4.69, 9.17) is 16.1 Å². The lowest BCUT2D eigenvalue weighted by Crippen LogP contribution is -2.12. The number of aromatic hydroxyl groups is 1. The van der Waals surface area contributed by atoms with Crippen molar-refractivity contribution in [1.82, 2.24) is 9.97 Å². The molecule has 1 heterocycles. The van der Waals surface area contributed by atoms with E-state index in [-0.39, 0.29) is 35.2 Å². The number of H-pyrrole nitrogens is 1. The van der Waals surface area contributed by atoms with Gasteiger partial charge in [0.2, 0.25) is 5.95 Å². The number of carbonyl (C=O) groups excluding carboxylic acids is 2. The number of amides is 2. The van der Waals surface area contributed by atoms with Crippen LogP contribution in [0.15, 0.2) is 64.8 Å². The lowest BCUT2D eigenvalue weighted by atomic mass is 10.0. The number of hydrogen-bond donors (Lipinski definition) is 5. The largest absolute Gasteiger partial charge is 0.505 e. The number of fused-ring (bicyclic) bond motifs is 1. The number of nitriles is 1. The summed E-state index contributed by atoms with van der Waals surface area (Å²) in [6.07, 6.45) is 0. The third-order valence-corrected chi connectivity index (χ3v) is 4.92. The number of aromatic amines is 1. The maximum absolute atomic E-state index is 12.9. The van der Waals surface area contributed by atoms with Gasteiger partial charge in [-0.1, -0.05) is 36.4 Å². The number of nitrogens with zero attached hydrogens (tertiary/aromatic N) is 4. The van der Waals surface area contributed by atoms with E-state index in [9.17, 15) is 14.7 Å². The maximum Gasteiger partial charge on any atom is 0.270 e. The van der Waals surface area contributed by atoms with Gasteiger partial charge in [-0.2, -0.15) is 5.26 Å². The first-order valence-electron chi connectivity index (χ1n) is 9.88. The quantitative estimate of drug-likeness (QED) is 0.277. The summed E-state index contributed by atoms with van der Waals surface area (Å²) in [5.41, 5.74) is 5.85. The van der Waals surface area contributed by atoms with Gasteiger partial charge in [-0.05, 0) is 29.1 Å². The van der Waals surface area contributed by atoms with Crippen LogP contribution in [0.25, 0.3) is 10.8 Å². The lowest BCUT2D eigenvalue weighted by molar-refractivity contribution is 0.0993. The number of anilines is 1. The Morgan fingerprint density at radius 1 is 1.15 bits per heavy atom. The molecule has 168 valence electrons. The molecule has 1 aromatic heterocycles. The van der Waals surface area contributed by atoms with E-state index in [0.717, 1.165) is 0 Å². The van der Waals surface area contributed by atoms with Crippen LogP contribution in [0.4, 0.5) is 17.3 Å². The minimum atomic E-state index is -0.909. The molecule has 0 fully saturated rings. The predicted molar refractivity (Wildman–Crippen MR) is 122 cm³/mol. The zero-order valence-electron chi connectivity index (χ0n) is 17.5. The molecule has 0 aliphatic carbocycles. The number of aliphatic hydroxyl groups is 1. The van der Waals surface area contributed by atoms with Crippen molar-refractivity contribution in [3.8, 4) is 11.8 Å². The fourth-order valence-corrected chi connectivity index (χ4v) is 3.25. The number of rotatable bonds is 6. The molecule has 34 heavy (non-hydrogen) atoms. The number of aromatic nitrogens is 2. The van der Waals surface area contributed by atoms with Crippen molar-refractivity contribution in [2.45, 2.75) is 6.61 Å². The Labute approximate surface area is 192 Å². The molecular formula is C23H17N7O4. The maximum atomic E-state index is 12.9. The SMILES string of the molecule is N#Cc1[nH]c(/N=N/c2c(O)c(C(=O)Nc3ccc(CO)cc3)cc3ccccc23)nc1C(N)=O. The van der Waals surface area contributed by atoms with Crippen LogP contribution in [0, 0.1) is 11.3 Å². The molecule has 11 heteroatoms. The summed E-state index contributed by atoms with van der Waals surface area (Å²) in [4.78, 5) is 30.7.